The van der Waals surface area contributed by atoms with Crippen molar-refractivity contribution in [2.24, 2.45) is 17.2 Å². The molecule has 0 radical (unpaired) electrons. The van der Waals surface area contributed by atoms with Crippen LogP contribution in [0.2, 0.25) is 36.1 Å². The second-order valence-electron chi connectivity index (χ2n) is 17.2. The van der Waals surface area contributed by atoms with Gasteiger partial charge in [0.2, 0.25) is 29.4 Å². The summed E-state index contributed by atoms with van der Waals surface area (Å²) < 4.78 is 35.7. The molecule has 28 nitrogen and oxygen atoms in total. The van der Waals surface area contributed by atoms with Crippen molar-refractivity contribution in [1.29, 1.82) is 10.5 Å². The molecule has 8 aromatic rings. The smallest absolute Gasteiger partial charge is 0.857 e. The monoisotopic (exact) mass is 1530 g/mol. The molecule has 0 amide bonds. The van der Waals surface area contributed by atoms with Crippen molar-refractivity contribution in [2.75, 3.05) is 55.5 Å². The predicted octanol–water partition coefficient (Wildman–Crippen LogP) is 7.22. The van der Waals surface area contributed by atoms with Crippen molar-refractivity contribution in [3.05, 3.63) is 144 Å². The van der Waals surface area contributed by atoms with Gasteiger partial charge in [-0.05, 0) is 82.8 Å². The first kappa shape index (κ1) is 92.3. The van der Waals surface area contributed by atoms with Crippen LogP contribution in [0.15, 0.2) is 90.4 Å². The number of nitrogens with one attached hydrogen (secondary N) is 1. The van der Waals surface area contributed by atoms with Crippen molar-refractivity contribution < 1.29 is 82.2 Å². The van der Waals surface area contributed by atoms with Crippen LogP contribution in [0.5, 0.6) is 29.4 Å². The summed E-state index contributed by atoms with van der Waals surface area (Å²) >= 11 is 46.1. The van der Waals surface area contributed by atoms with E-state index in [1.165, 1.54) is 94.1 Å². The van der Waals surface area contributed by atoms with Crippen LogP contribution >= 0.6 is 105 Å². The zero-order valence-electron chi connectivity index (χ0n) is 54.8. The van der Waals surface area contributed by atoms with E-state index < -0.39 is 11.9 Å². The molecule has 0 saturated heterocycles. The first-order chi connectivity index (χ1) is 46.2. The van der Waals surface area contributed by atoms with Gasteiger partial charge in [-0.3, -0.25) is 5.10 Å². The Balaban J connectivity index is 0. The van der Waals surface area contributed by atoms with E-state index in [0.29, 0.717) is 91.6 Å². The number of carbonyl (C=O) groups excluding carboxylic acids is 3. The first-order valence-corrected chi connectivity index (χ1v) is 31.1. The summed E-state index contributed by atoms with van der Waals surface area (Å²) in [6.45, 7) is 9.31. The molecule has 8 aromatic heterocycles. The van der Waals surface area contributed by atoms with Crippen LogP contribution in [0.4, 0.5) is 0 Å². The Hall–Kier alpha value is -7.78. The SMILES string of the molecule is CC#CC(=O)OC(C)C.COc1cc(-c2ncn(/C=C\C(=O)OC(C)C)n2)cc(Cl)n1.COc1cc(-c2ncn[nH]2)cc(Cl)n1.COc1cc(C#N)cc(Cl)n1.COc1cc(C(N)=S)cc(Cl)n1.COc1cc(CN)c(SC)c(Cl)n1.C[O-].N#Cc1cc(Cl)nc(Cl)c1.NCC=O.[Na+]. The zero-order valence-corrected chi connectivity index (χ0v) is 63.7. The zero-order chi connectivity index (χ0) is 73.6. The van der Waals surface area contributed by atoms with Gasteiger partial charge in [-0.2, -0.15) is 22.7 Å². The minimum atomic E-state index is -0.451. The fourth-order valence-corrected chi connectivity index (χ4v) is 8.32. The molecular formula is C60H65Cl7N17NaO11S2. The number of hydrogen-bond donors (Lipinski definition) is 4. The fourth-order valence-electron chi connectivity index (χ4n) is 5.89. The number of nitriles is 2. The molecule has 8 rings (SSSR count). The number of ether oxygens (including phenoxy) is 7. The molecule has 0 aliphatic rings. The van der Waals surface area contributed by atoms with Gasteiger partial charge in [0, 0.05) is 83.2 Å². The minimum absolute atomic E-state index is 0. The molecule has 7 N–H and O–H groups in total. The van der Waals surface area contributed by atoms with E-state index in [9.17, 15) is 9.59 Å². The number of pyridine rings is 6. The number of esters is 2. The van der Waals surface area contributed by atoms with Crippen LogP contribution in [0.1, 0.15) is 56.9 Å². The third-order valence-electron chi connectivity index (χ3n) is 9.68. The van der Waals surface area contributed by atoms with Gasteiger partial charge in [-0.1, -0.05) is 99.3 Å². The molecule has 0 aromatic carbocycles. The molecule has 0 bridgehead atoms. The molecule has 0 fully saturated rings. The standard InChI is InChI=1S/C14H15ClN4O3.C8H7ClN4O.C8H11ClN2OS.C7H7ClN2OS.C7H5ClN2O.C7H10O2.C6H2Cl2N2.C2H5NO.CH3O.Na/c1-9(2)22-13(20)4-5-19-8-16-14(18-19)10-6-11(15)17-12(7-10)21-3;1-14-7-3-5(2-6(9)12-7)8-10-4-11-13-8;1-12-6-3-5(4-10)7(13-2)8(9)11-6;1-11-6-3-4(7(9)12)2-5(8)10-6;1-11-7-3-5(4-9)2-6(8)10-7;1-4-5-7(8)9-6(2)3;7-5-1-4(3-9)2-6(8)10-5;3-1-2-4;1-2;/h4-9H,1-3H3;2-4H,1H3,(H,10,11,13);3H,4,10H2,1-2H3;2-3H,1H3,(H2,9,12);2-3H,1H3;6H,1-3H3;1-2H;2H,1,3H2;1H3;/q;;;;;;;;-1;+1/b5-4-;;;;;;;;;. The quantitative estimate of drug-likeness (QED) is 0.00905. The van der Waals surface area contributed by atoms with E-state index in [4.69, 9.17) is 154 Å². The molecule has 0 aliphatic heterocycles. The topological polar surface area (TPSA) is 414 Å². The van der Waals surface area contributed by atoms with Gasteiger partial charge < -0.3 is 60.3 Å². The van der Waals surface area contributed by atoms with E-state index in [1.54, 1.807) is 84.2 Å². The number of aldehydes is 1. The molecule has 0 saturated carbocycles. The third kappa shape index (κ3) is 39.0. The van der Waals surface area contributed by atoms with Crippen LogP contribution in [0.3, 0.4) is 0 Å². The number of aromatic nitrogens is 12. The number of rotatable bonds is 15. The normalized spacial score (nSPS) is 9.41. The van der Waals surface area contributed by atoms with E-state index in [-0.39, 0.29) is 73.9 Å². The molecule has 0 unspecified atom stereocenters. The van der Waals surface area contributed by atoms with Gasteiger partial charge in [-0.15, -0.1) is 16.9 Å². The largest absolute Gasteiger partial charge is 1.00 e. The molecule has 0 spiro atoms. The molecule has 0 atom stereocenters. The van der Waals surface area contributed by atoms with Gasteiger partial charge in [-0.25, -0.2) is 54.1 Å². The van der Waals surface area contributed by atoms with Gasteiger partial charge in [0.15, 0.2) is 11.6 Å². The van der Waals surface area contributed by atoms with E-state index >= 15 is 0 Å². The molecule has 518 valence electrons. The minimum Gasteiger partial charge on any atom is -0.857 e. The number of H-pyrrole nitrogens is 1. The number of halogens is 7. The maximum Gasteiger partial charge on any atom is 1.00 e. The predicted molar refractivity (Wildman–Crippen MR) is 375 cm³/mol. The number of carbonyl (C=O) groups is 3. The van der Waals surface area contributed by atoms with Crippen LogP contribution in [0, 0.1) is 34.5 Å². The van der Waals surface area contributed by atoms with E-state index in [0.717, 1.165) is 23.1 Å². The van der Waals surface area contributed by atoms with Gasteiger partial charge in [0.25, 0.3) is 0 Å². The fraction of sp³-hybridized carbons (Fsp3) is 0.267. The summed E-state index contributed by atoms with van der Waals surface area (Å²) in [4.78, 5) is 63.5. The maximum absolute atomic E-state index is 11.4. The van der Waals surface area contributed by atoms with Crippen LogP contribution in [-0.4, -0.2) is 151 Å². The van der Waals surface area contributed by atoms with E-state index in [1.807, 2.05) is 18.4 Å². The summed E-state index contributed by atoms with van der Waals surface area (Å²) in [6.07, 6.45) is 7.98. The number of methoxy groups -OCH3 is 5. The molecular weight excluding hydrogens is 1470 g/mol. The summed E-state index contributed by atoms with van der Waals surface area (Å²) in [5.41, 5.74) is 19.6. The molecule has 38 heteroatoms. The average molecular weight is 1540 g/mol. The first-order valence-electron chi connectivity index (χ1n) is 26.8. The Labute approximate surface area is 632 Å². The van der Waals surface area contributed by atoms with E-state index in [2.05, 4.69) is 77.5 Å². The van der Waals surface area contributed by atoms with Crippen molar-refractivity contribution in [2.45, 2.75) is 58.3 Å². The number of nitrogens with two attached hydrogens (primary N) is 3. The summed E-state index contributed by atoms with van der Waals surface area (Å²) in [6, 6.07) is 21.5. The Bertz CT molecular complexity index is 3920. The van der Waals surface area contributed by atoms with Gasteiger partial charge >= 0.3 is 41.5 Å². The number of nitrogens with zero attached hydrogens (tertiary/aromatic N) is 13. The average Bonchev–Trinajstić information content (AvgIpc) is 1.45. The number of aromatic amines is 1. The van der Waals surface area contributed by atoms with Crippen molar-refractivity contribution >= 4 is 135 Å². The molecule has 8 heterocycles. The van der Waals surface area contributed by atoms with Gasteiger partial charge in [0.05, 0.1) is 71.0 Å². The number of thioether (sulfide) groups is 1. The van der Waals surface area contributed by atoms with Crippen LogP contribution in [-0.2, 0) is 30.4 Å². The second-order valence-corrected chi connectivity index (χ2v) is 21.2. The Kier molecular flexibility index (Phi) is 50.1. The summed E-state index contributed by atoms with van der Waals surface area (Å²) in [5, 5.41) is 38.0. The van der Waals surface area contributed by atoms with Crippen molar-refractivity contribution in [3.63, 3.8) is 0 Å². The number of thiocarbonyl (C=S) groups is 1. The summed E-state index contributed by atoms with van der Waals surface area (Å²) in [7, 11) is 8.31. The Morgan fingerprint density at radius 3 is 1.56 bits per heavy atom. The number of hydrogen-bond acceptors (Lipinski definition) is 27. The van der Waals surface area contributed by atoms with Gasteiger partial charge in [0.1, 0.15) is 60.0 Å². The molecule has 98 heavy (non-hydrogen) atoms. The summed E-state index contributed by atoms with van der Waals surface area (Å²) in [5.74, 6) is 6.97. The van der Waals surface area contributed by atoms with Crippen molar-refractivity contribution in [1.82, 2.24) is 59.8 Å². The van der Waals surface area contributed by atoms with Crippen molar-refractivity contribution in [3.8, 4) is 76.2 Å². The molecule has 0 aliphatic carbocycles. The second kappa shape index (κ2) is 53.2. The Morgan fingerprint density at radius 1 is 0.673 bits per heavy atom. The van der Waals surface area contributed by atoms with Crippen LogP contribution in [0.25, 0.3) is 29.0 Å². The maximum atomic E-state index is 11.4. The Morgan fingerprint density at radius 2 is 1.12 bits per heavy atom. The third-order valence-corrected chi connectivity index (χ3v) is 12.3. The van der Waals surface area contributed by atoms with Crippen LogP contribution < -0.4 is 75.5 Å².